The highest BCUT2D eigenvalue weighted by atomic mass is 16.5. The summed E-state index contributed by atoms with van der Waals surface area (Å²) in [6, 6.07) is -0.830. The molecule has 7 nitrogen and oxygen atoms in total. The van der Waals surface area contributed by atoms with E-state index in [-0.39, 0.29) is 24.7 Å². The summed E-state index contributed by atoms with van der Waals surface area (Å²) < 4.78 is 11.0. The Morgan fingerprint density at radius 3 is 1.31 bits per heavy atom. The van der Waals surface area contributed by atoms with E-state index in [2.05, 4.69) is 43.5 Å². The van der Waals surface area contributed by atoms with E-state index in [1.54, 1.807) is 0 Å². The van der Waals surface area contributed by atoms with E-state index in [4.69, 9.17) is 9.47 Å². The number of hydrogen-bond acceptors (Lipinski definition) is 6. The summed E-state index contributed by atoms with van der Waals surface area (Å²) in [5.41, 5.74) is 0. The van der Waals surface area contributed by atoms with Gasteiger partial charge in [0.25, 0.3) is 0 Å². The van der Waals surface area contributed by atoms with Crippen molar-refractivity contribution in [2.45, 2.75) is 225 Å². The second-order valence-corrected chi connectivity index (χ2v) is 15.8. The van der Waals surface area contributed by atoms with Crippen molar-refractivity contribution >= 4 is 17.8 Å². The number of carbonyl (C=O) groups excluding carboxylic acids is 3. The molecule has 7 heteroatoms. The Morgan fingerprint density at radius 2 is 0.889 bits per heavy atom. The molecule has 1 N–H and O–H groups in total. The van der Waals surface area contributed by atoms with E-state index in [0.717, 1.165) is 45.1 Å². The van der Waals surface area contributed by atoms with E-state index in [0.29, 0.717) is 26.1 Å². The molecule has 0 aromatic rings. The molecule has 0 radical (unpaired) electrons. The van der Waals surface area contributed by atoms with Gasteiger partial charge >= 0.3 is 11.9 Å². The van der Waals surface area contributed by atoms with Crippen molar-refractivity contribution in [3.8, 4) is 0 Å². The van der Waals surface area contributed by atoms with Gasteiger partial charge in [0.05, 0.1) is 13.2 Å². The van der Waals surface area contributed by atoms with E-state index < -0.39 is 12.0 Å². The van der Waals surface area contributed by atoms with Gasteiger partial charge in [-0.05, 0) is 97.7 Å². The molecule has 0 aromatic carbocycles. The zero-order valence-corrected chi connectivity index (χ0v) is 36.1. The predicted molar refractivity (Wildman–Crippen MR) is 230 cm³/mol. The predicted octanol–water partition coefficient (Wildman–Crippen LogP) is 12.8. The second kappa shape index (κ2) is 42.0. The van der Waals surface area contributed by atoms with Crippen LogP contribution in [0, 0.1) is 0 Å². The van der Waals surface area contributed by atoms with Crippen molar-refractivity contribution in [1.29, 1.82) is 0 Å². The summed E-state index contributed by atoms with van der Waals surface area (Å²) in [6.07, 6.45) is 45.2. The fourth-order valence-electron chi connectivity index (χ4n) is 6.56. The molecule has 0 heterocycles. The Kier molecular flexibility index (Phi) is 40.3. The number of unbranched alkanes of at least 4 members (excludes halogenated alkanes) is 24. The van der Waals surface area contributed by atoms with Crippen LogP contribution in [-0.2, 0) is 23.9 Å². The van der Waals surface area contributed by atoms with Gasteiger partial charge in [-0.1, -0.05) is 154 Å². The maximum absolute atomic E-state index is 13.0. The molecule has 54 heavy (non-hydrogen) atoms. The zero-order chi connectivity index (χ0) is 39.6. The lowest BCUT2D eigenvalue weighted by Crippen LogP contribution is -2.42. The Balaban J connectivity index is 4.12. The molecule has 0 aromatic heterocycles. The number of nitrogens with zero attached hydrogens (tertiary/aromatic N) is 1. The summed E-state index contributed by atoms with van der Waals surface area (Å²) in [6.45, 7) is 6.07. The standard InChI is InChI=1S/C47H88N2O5/c1-5-7-9-11-13-15-17-19-21-23-25-27-29-31-33-35-42-53-46(51)40-39-44(48-45(50)38-37-41-49(3)4)47(52)54-43-36-34-32-30-28-26-24-22-20-18-16-14-12-10-8-6-2/h19-22,44H,5-18,23-43H2,1-4H3,(H,48,50)/b21-19-,22-20-. The molecular formula is C47H88N2O5. The highest BCUT2D eigenvalue weighted by Crippen LogP contribution is 2.13. The summed E-state index contributed by atoms with van der Waals surface area (Å²) in [7, 11) is 3.94. The van der Waals surface area contributed by atoms with Crippen LogP contribution >= 0.6 is 0 Å². The molecule has 1 atom stereocenters. The lowest BCUT2D eigenvalue weighted by molar-refractivity contribution is -0.149. The molecule has 1 unspecified atom stereocenters. The van der Waals surface area contributed by atoms with Gasteiger partial charge < -0.3 is 19.7 Å². The highest BCUT2D eigenvalue weighted by Gasteiger charge is 2.23. The molecule has 1 amide bonds. The summed E-state index contributed by atoms with van der Waals surface area (Å²) in [4.78, 5) is 40.1. The molecular weight excluding hydrogens is 673 g/mol. The van der Waals surface area contributed by atoms with Gasteiger partial charge in [-0.15, -0.1) is 0 Å². The average Bonchev–Trinajstić information content (AvgIpc) is 3.15. The lowest BCUT2D eigenvalue weighted by atomic mass is 10.1. The first-order chi connectivity index (χ1) is 26.4. The van der Waals surface area contributed by atoms with Gasteiger partial charge in [-0.25, -0.2) is 4.79 Å². The first kappa shape index (κ1) is 51.9. The Morgan fingerprint density at radius 1 is 0.500 bits per heavy atom. The van der Waals surface area contributed by atoms with Gasteiger partial charge in [0.2, 0.25) is 5.91 Å². The number of allylic oxidation sites excluding steroid dienone is 4. The Bertz CT molecular complexity index is 903. The van der Waals surface area contributed by atoms with Crippen molar-refractivity contribution in [2.75, 3.05) is 33.9 Å². The first-order valence-corrected chi connectivity index (χ1v) is 23.0. The van der Waals surface area contributed by atoms with E-state index >= 15 is 0 Å². The van der Waals surface area contributed by atoms with Crippen LogP contribution in [-0.4, -0.2) is 62.6 Å². The molecule has 0 fully saturated rings. The van der Waals surface area contributed by atoms with Gasteiger partial charge in [-0.2, -0.15) is 0 Å². The summed E-state index contributed by atoms with van der Waals surface area (Å²) in [5, 5.41) is 2.83. The number of carbonyl (C=O) groups is 3. The van der Waals surface area contributed by atoms with Crippen LogP contribution in [0.15, 0.2) is 24.3 Å². The van der Waals surface area contributed by atoms with Gasteiger partial charge in [0.15, 0.2) is 0 Å². The van der Waals surface area contributed by atoms with Crippen LogP contribution in [0.2, 0.25) is 0 Å². The van der Waals surface area contributed by atoms with E-state index in [1.807, 2.05) is 19.0 Å². The normalized spacial score (nSPS) is 12.2. The number of ether oxygens (including phenoxy) is 2. The van der Waals surface area contributed by atoms with Crippen LogP contribution in [0.4, 0.5) is 0 Å². The third kappa shape index (κ3) is 39.5. The molecule has 0 aliphatic heterocycles. The monoisotopic (exact) mass is 761 g/mol. The summed E-state index contributed by atoms with van der Waals surface area (Å²) in [5.74, 6) is -0.964. The van der Waals surface area contributed by atoms with Crippen molar-refractivity contribution in [3.05, 3.63) is 24.3 Å². The quantitative estimate of drug-likeness (QED) is 0.0379. The van der Waals surface area contributed by atoms with Crippen LogP contribution in [0.5, 0.6) is 0 Å². The second-order valence-electron chi connectivity index (χ2n) is 15.8. The first-order valence-electron chi connectivity index (χ1n) is 23.0. The van der Waals surface area contributed by atoms with Crippen LogP contribution in [0.25, 0.3) is 0 Å². The van der Waals surface area contributed by atoms with Gasteiger partial charge in [-0.3, -0.25) is 9.59 Å². The molecule has 0 aliphatic rings. The largest absolute Gasteiger partial charge is 0.466 e. The lowest BCUT2D eigenvalue weighted by Gasteiger charge is -2.18. The van der Waals surface area contributed by atoms with E-state index in [9.17, 15) is 14.4 Å². The van der Waals surface area contributed by atoms with Crippen LogP contribution in [0.1, 0.15) is 219 Å². The van der Waals surface area contributed by atoms with Crippen LogP contribution < -0.4 is 5.32 Å². The molecule has 0 rings (SSSR count). The van der Waals surface area contributed by atoms with E-state index in [1.165, 1.54) is 141 Å². The zero-order valence-electron chi connectivity index (χ0n) is 36.1. The van der Waals surface area contributed by atoms with Crippen LogP contribution in [0.3, 0.4) is 0 Å². The van der Waals surface area contributed by atoms with Crippen molar-refractivity contribution in [2.24, 2.45) is 0 Å². The molecule has 316 valence electrons. The molecule has 0 saturated carbocycles. The SMILES string of the molecule is CCCCCCCC/C=C\CCCCCCCCOC(=O)CCC(NC(=O)CCCN(C)C)C(=O)OCCCCCCCC/C=C\CCCCCCCC. The van der Waals surface area contributed by atoms with Crippen molar-refractivity contribution in [1.82, 2.24) is 10.2 Å². The minimum atomic E-state index is -0.830. The van der Waals surface area contributed by atoms with Crippen molar-refractivity contribution < 1.29 is 23.9 Å². The minimum Gasteiger partial charge on any atom is -0.466 e. The third-order valence-corrected chi connectivity index (χ3v) is 10.1. The Hall–Kier alpha value is -2.15. The highest BCUT2D eigenvalue weighted by molar-refractivity contribution is 5.85. The minimum absolute atomic E-state index is 0.0817. The number of rotatable bonds is 41. The fourth-order valence-corrected chi connectivity index (χ4v) is 6.56. The molecule has 0 aliphatic carbocycles. The van der Waals surface area contributed by atoms with Gasteiger partial charge in [0, 0.05) is 12.8 Å². The molecule has 0 saturated heterocycles. The smallest absolute Gasteiger partial charge is 0.328 e. The maximum atomic E-state index is 13.0. The summed E-state index contributed by atoms with van der Waals surface area (Å²) >= 11 is 0. The number of amides is 1. The average molecular weight is 761 g/mol. The van der Waals surface area contributed by atoms with Gasteiger partial charge in [0.1, 0.15) is 6.04 Å². The number of esters is 2. The van der Waals surface area contributed by atoms with Crippen molar-refractivity contribution in [3.63, 3.8) is 0 Å². The topological polar surface area (TPSA) is 84.9 Å². The molecule has 0 bridgehead atoms. The number of hydrogen-bond donors (Lipinski definition) is 1. The Labute approximate surface area is 334 Å². The maximum Gasteiger partial charge on any atom is 0.328 e. The molecule has 0 spiro atoms. The third-order valence-electron chi connectivity index (χ3n) is 10.1. The fraction of sp³-hybridized carbons (Fsp3) is 0.851. The number of nitrogens with one attached hydrogen (secondary N) is 1.